The molecule has 4 heteroatoms. The summed E-state index contributed by atoms with van der Waals surface area (Å²) < 4.78 is 0. The predicted octanol–water partition coefficient (Wildman–Crippen LogP) is 1.20. The molecule has 1 spiro atoms. The van der Waals surface area contributed by atoms with Crippen molar-refractivity contribution in [3.05, 3.63) is 23.9 Å². The Hall–Kier alpha value is -1.58. The molecule has 0 aromatic carbocycles. The van der Waals surface area contributed by atoms with Gasteiger partial charge in [0.25, 0.3) is 5.91 Å². The van der Waals surface area contributed by atoms with Crippen molar-refractivity contribution in [1.29, 1.82) is 0 Å². The number of rotatable bonds is 1. The van der Waals surface area contributed by atoms with E-state index >= 15 is 0 Å². The first-order chi connectivity index (χ1) is 8.21. The van der Waals surface area contributed by atoms with E-state index in [1.807, 2.05) is 6.08 Å². The van der Waals surface area contributed by atoms with Crippen LogP contribution < -0.4 is 5.73 Å². The summed E-state index contributed by atoms with van der Waals surface area (Å²) in [7, 11) is 0. The van der Waals surface area contributed by atoms with Crippen LogP contribution in [0.2, 0.25) is 0 Å². The van der Waals surface area contributed by atoms with Crippen LogP contribution in [0.3, 0.4) is 0 Å². The fraction of sp³-hybridized carbons (Fsp3) is 0.538. The molecule has 17 heavy (non-hydrogen) atoms. The van der Waals surface area contributed by atoms with Crippen LogP contribution >= 0.6 is 0 Å². The lowest BCUT2D eigenvalue weighted by molar-refractivity contribution is -0.114. The lowest BCUT2D eigenvalue weighted by atomic mass is 9.81. The summed E-state index contributed by atoms with van der Waals surface area (Å²) in [6.07, 6.45) is 11.1. The monoisotopic (exact) mass is 231 g/mol. The molecule has 2 aliphatic heterocycles. The molecule has 3 aliphatic rings. The summed E-state index contributed by atoms with van der Waals surface area (Å²) in [5.74, 6) is 0.647. The van der Waals surface area contributed by atoms with Gasteiger partial charge in [0.05, 0.1) is 0 Å². The van der Waals surface area contributed by atoms with Crippen molar-refractivity contribution >= 4 is 11.7 Å². The zero-order valence-electron chi connectivity index (χ0n) is 9.85. The van der Waals surface area contributed by atoms with E-state index in [2.05, 4.69) is 22.0 Å². The van der Waals surface area contributed by atoms with E-state index in [-0.39, 0.29) is 5.41 Å². The van der Waals surface area contributed by atoms with E-state index < -0.39 is 5.91 Å². The third-order valence-corrected chi connectivity index (χ3v) is 3.99. The van der Waals surface area contributed by atoms with Crippen LogP contribution in [0.15, 0.2) is 28.9 Å². The molecular formula is C13H17N3O. The number of hydrogen-bond donors (Lipinski definition) is 1. The molecular weight excluding hydrogens is 214 g/mol. The lowest BCUT2D eigenvalue weighted by Crippen LogP contribution is -2.47. The van der Waals surface area contributed by atoms with Crippen LogP contribution in [0.1, 0.15) is 25.7 Å². The summed E-state index contributed by atoms with van der Waals surface area (Å²) >= 11 is 0. The van der Waals surface area contributed by atoms with E-state index in [0.29, 0.717) is 5.70 Å². The molecule has 4 nitrogen and oxygen atoms in total. The van der Waals surface area contributed by atoms with Gasteiger partial charge in [0.2, 0.25) is 0 Å². The Labute approximate surface area is 101 Å². The standard InChI is InChI=1S/C13H17N3O/c14-11(17)10-4-9-16-8-3-7-13(12(16)15-10)5-1-2-6-13/h3-4,7H,1-2,5-6,8-9H2,(H2,14,17). The van der Waals surface area contributed by atoms with E-state index in [1.54, 1.807) is 0 Å². The van der Waals surface area contributed by atoms with Gasteiger partial charge >= 0.3 is 0 Å². The van der Waals surface area contributed by atoms with Crippen molar-refractivity contribution in [2.24, 2.45) is 16.1 Å². The van der Waals surface area contributed by atoms with Crippen LogP contribution in [-0.4, -0.2) is 29.7 Å². The van der Waals surface area contributed by atoms with Gasteiger partial charge < -0.3 is 10.6 Å². The smallest absolute Gasteiger partial charge is 0.267 e. The average molecular weight is 231 g/mol. The molecule has 2 heterocycles. The van der Waals surface area contributed by atoms with Gasteiger partial charge in [-0.1, -0.05) is 25.0 Å². The van der Waals surface area contributed by atoms with Crippen LogP contribution in [0.4, 0.5) is 0 Å². The number of primary amides is 1. The van der Waals surface area contributed by atoms with Crippen LogP contribution in [0.25, 0.3) is 0 Å². The van der Waals surface area contributed by atoms with Gasteiger partial charge in [-0.3, -0.25) is 4.79 Å². The fourth-order valence-electron chi connectivity index (χ4n) is 3.13. The Kier molecular flexibility index (Phi) is 2.31. The highest BCUT2D eigenvalue weighted by atomic mass is 16.1. The van der Waals surface area contributed by atoms with Crippen LogP contribution in [-0.2, 0) is 4.79 Å². The third kappa shape index (κ3) is 1.59. The number of aliphatic imine (C=N–C) groups is 1. The minimum atomic E-state index is -0.417. The van der Waals surface area contributed by atoms with Crippen molar-refractivity contribution in [2.75, 3.05) is 13.1 Å². The SMILES string of the molecule is NC(=O)C1=CCN2CC=CC3(CCCC3)C2=N1. The number of nitrogens with zero attached hydrogens (tertiary/aromatic N) is 2. The number of fused-ring (bicyclic) bond motifs is 2. The highest BCUT2D eigenvalue weighted by Gasteiger charge is 2.42. The molecule has 90 valence electrons. The highest BCUT2D eigenvalue weighted by molar-refractivity contribution is 6.00. The third-order valence-electron chi connectivity index (χ3n) is 3.99. The van der Waals surface area contributed by atoms with Gasteiger partial charge in [0.15, 0.2) is 0 Å². The number of carbonyl (C=O) groups is 1. The Morgan fingerprint density at radius 2 is 2.12 bits per heavy atom. The molecule has 0 aromatic heterocycles. The molecule has 0 aromatic rings. The quantitative estimate of drug-likeness (QED) is 0.689. The molecule has 1 saturated carbocycles. The molecule has 3 rings (SSSR count). The van der Waals surface area contributed by atoms with Gasteiger partial charge in [-0.15, -0.1) is 0 Å². The second-order valence-corrected chi connectivity index (χ2v) is 5.06. The Morgan fingerprint density at radius 3 is 2.82 bits per heavy atom. The summed E-state index contributed by atoms with van der Waals surface area (Å²) in [5.41, 5.74) is 5.83. The first-order valence-electron chi connectivity index (χ1n) is 6.23. The minimum absolute atomic E-state index is 0.0766. The van der Waals surface area contributed by atoms with E-state index in [9.17, 15) is 4.79 Å². The number of nitrogens with two attached hydrogens (primary N) is 1. The lowest BCUT2D eigenvalue weighted by Gasteiger charge is -2.40. The number of amides is 1. The van der Waals surface area contributed by atoms with Gasteiger partial charge in [0.1, 0.15) is 11.5 Å². The zero-order valence-corrected chi connectivity index (χ0v) is 9.85. The Bertz CT molecular complexity index is 442. The molecule has 0 radical (unpaired) electrons. The molecule has 0 bridgehead atoms. The Morgan fingerprint density at radius 1 is 1.35 bits per heavy atom. The number of amidine groups is 1. The first-order valence-corrected chi connectivity index (χ1v) is 6.23. The van der Waals surface area contributed by atoms with Gasteiger partial charge in [0, 0.05) is 18.5 Å². The van der Waals surface area contributed by atoms with E-state index in [0.717, 1.165) is 31.8 Å². The van der Waals surface area contributed by atoms with Crippen LogP contribution in [0.5, 0.6) is 0 Å². The maximum Gasteiger partial charge on any atom is 0.267 e. The second-order valence-electron chi connectivity index (χ2n) is 5.06. The van der Waals surface area contributed by atoms with Gasteiger partial charge in [-0.25, -0.2) is 4.99 Å². The van der Waals surface area contributed by atoms with Gasteiger partial charge in [-0.2, -0.15) is 0 Å². The molecule has 1 amide bonds. The fourth-order valence-corrected chi connectivity index (χ4v) is 3.13. The molecule has 0 unspecified atom stereocenters. The summed E-state index contributed by atoms with van der Waals surface area (Å²) in [6, 6.07) is 0. The minimum Gasteiger partial charge on any atom is -0.364 e. The normalized spacial score (nSPS) is 25.5. The van der Waals surface area contributed by atoms with Crippen molar-refractivity contribution < 1.29 is 4.79 Å². The topological polar surface area (TPSA) is 58.7 Å². The Balaban J connectivity index is 2.02. The number of carbonyl (C=O) groups excluding carboxylic acids is 1. The number of hydrogen-bond acceptors (Lipinski definition) is 3. The molecule has 0 saturated heterocycles. The van der Waals surface area contributed by atoms with Crippen molar-refractivity contribution in [3.63, 3.8) is 0 Å². The summed E-state index contributed by atoms with van der Waals surface area (Å²) in [5, 5.41) is 0. The maximum atomic E-state index is 11.2. The molecule has 1 fully saturated rings. The predicted molar refractivity (Wildman–Crippen MR) is 66.3 cm³/mol. The summed E-state index contributed by atoms with van der Waals surface area (Å²) in [6.45, 7) is 1.65. The first kappa shape index (κ1) is 10.6. The molecule has 0 atom stereocenters. The van der Waals surface area contributed by atoms with Crippen molar-refractivity contribution in [3.8, 4) is 0 Å². The van der Waals surface area contributed by atoms with Gasteiger partial charge in [-0.05, 0) is 18.9 Å². The summed E-state index contributed by atoms with van der Waals surface area (Å²) in [4.78, 5) is 18.0. The van der Waals surface area contributed by atoms with Crippen molar-refractivity contribution in [1.82, 2.24) is 4.90 Å². The second kappa shape index (κ2) is 3.72. The zero-order chi connectivity index (χ0) is 11.9. The van der Waals surface area contributed by atoms with E-state index in [1.165, 1.54) is 12.8 Å². The van der Waals surface area contributed by atoms with Crippen LogP contribution in [0, 0.1) is 5.41 Å². The highest BCUT2D eigenvalue weighted by Crippen LogP contribution is 2.44. The molecule has 1 aliphatic carbocycles. The van der Waals surface area contributed by atoms with Crippen molar-refractivity contribution in [2.45, 2.75) is 25.7 Å². The largest absolute Gasteiger partial charge is 0.364 e. The van der Waals surface area contributed by atoms with E-state index in [4.69, 9.17) is 5.73 Å². The molecule has 2 N–H and O–H groups in total. The maximum absolute atomic E-state index is 11.2. The average Bonchev–Trinajstić information content (AvgIpc) is 2.78.